The summed E-state index contributed by atoms with van der Waals surface area (Å²) in [4.78, 5) is 0. The molecule has 0 aliphatic heterocycles. The van der Waals surface area contributed by atoms with Crippen LogP contribution in [-0.4, -0.2) is 19.7 Å². The van der Waals surface area contributed by atoms with Gasteiger partial charge in [0.05, 0.1) is 6.61 Å². The van der Waals surface area contributed by atoms with Gasteiger partial charge in [-0.25, -0.2) is 0 Å². The quantitative estimate of drug-likeness (QED) is 0.735. The maximum Gasteiger partial charge on any atom is 0.119 e. The highest BCUT2D eigenvalue weighted by atomic mass is 16.5. The fraction of sp³-hybridized carbons (Fsp3) is 0.333. The molecule has 106 valence electrons. The molecule has 2 aromatic carbocycles. The maximum atomic E-state index is 5.93. The van der Waals surface area contributed by atoms with E-state index in [0.29, 0.717) is 5.92 Å². The van der Waals surface area contributed by atoms with Crippen molar-refractivity contribution < 1.29 is 4.74 Å². The molecule has 1 N–H and O–H groups in total. The van der Waals surface area contributed by atoms with Crippen LogP contribution in [0, 0.1) is 0 Å². The number of ether oxygens (including phenoxy) is 1. The molecule has 0 amide bonds. The van der Waals surface area contributed by atoms with E-state index in [1.165, 1.54) is 5.56 Å². The van der Waals surface area contributed by atoms with Crippen molar-refractivity contribution >= 4 is 0 Å². The molecule has 0 saturated carbocycles. The van der Waals surface area contributed by atoms with Gasteiger partial charge >= 0.3 is 0 Å². The highest BCUT2D eigenvalue weighted by molar-refractivity contribution is 5.23. The van der Waals surface area contributed by atoms with Crippen LogP contribution in [0.5, 0.6) is 5.75 Å². The van der Waals surface area contributed by atoms with Gasteiger partial charge in [0.15, 0.2) is 0 Å². The molecule has 2 heteroatoms. The first kappa shape index (κ1) is 14.6. The Morgan fingerprint density at radius 3 is 2.25 bits per heavy atom. The molecule has 2 aromatic rings. The van der Waals surface area contributed by atoms with E-state index in [9.17, 15) is 0 Å². The van der Waals surface area contributed by atoms with Crippen LogP contribution >= 0.6 is 0 Å². The summed E-state index contributed by atoms with van der Waals surface area (Å²) < 4.78 is 5.93. The second kappa shape index (κ2) is 8.39. The summed E-state index contributed by atoms with van der Waals surface area (Å²) in [6, 6.07) is 20.7. The fourth-order valence-electron chi connectivity index (χ4n) is 2.24. The van der Waals surface area contributed by atoms with Crippen LogP contribution in [0.1, 0.15) is 24.8 Å². The smallest absolute Gasteiger partial charge is 0.119 e. The summed E-state index contributed by atoms with van der Waals surface area (Å²) in [5.41, 5.74) is 1.35. The lowest BCUT2D eigenvalue weighted by Crippen LogP contribution is -2.20. The van der Waals surface area contributed by atoms with Crippen LogP contribution in [0.15, 0.2) is 60.7 Å². The van der Waals surface area contributed by atoms with E-state index in [4.69, 9.17) is 4.74 Å². The van der Waals surface area contributed by atoms with Gasteiger partial charge in [0.2, 0.25) is 0 Å². The van der Waals surface area contributed by atoms with Gasteiger partial charge < -0.3 is 10.1 Å². The summed E-state index contributed by atoms with van der Waals surface area (Å²) in [6.07, 6.45) is 1.09. The Morgan fingerprint density at radius 1 is 0.950 bits per heavy atom. The molecule has 0 aliphatic rings. The molecule has 0 bridgehead atoms. The zero-order chi connectivity index (χ0) is 14.0. The van der Waals surface area contributed by atoms with Gasteiger partial charge in [-0.05, 0) is 37.2 Å². The molecule has 2 nitrogen and oxygen atoms in total. The monoisotopic (exact) mass is 269 g/mol. The zero-order valence-corrected chi connectivity index (χ0v) is 12.1. The van der Waals surface area contributed by atoms with Crippen molar-refractivity contribution in [2.75, 3.05) is 19.7 Å². The minimum atomic E-state index is 0.426. The lowest BCUT2D eigenvalue weighted by molar-refractivity contribution is 0.280. The van der Waals surface area contributed by atoms with Crippen LogP contribution in [0.3, 0.4) is 0 Å². The summed E-state index contributed by atoms with van der Waals surface area (Å²) in [5.74, 6) is 1.37. The standard InChI is InChI=1S/C18H23NO/c1-2-19-14-13-17(16-9-5-3-6-10-16)15-20-18-11-7-4-8-12-18/h3-12,17,19H,2,13-15H2,1H3/t17-/m1/s1. The van der Waals surface area contributed by atoms with E-state index in [0.717, 1.165) is 31.9 Å². The minimum Gasteiger partial charge on any atom is -0.493 e. The number of rotatable bonds is 8. The molecular formula is C18H23NO. The van der Waals surface area contributed by atoms with Crippen molar-refractivity contribution in [3.63, 3.8) is 0 Å². The normalized spacial score (nSPS) is 12.1. The Hall–Kier alpha value is -1.80. The molecule has 0 heterocycles. The summed E-state index contributed by atoms with van der Waals surface area (Å²) in [6.45, 7) is 4.90. The highest BCUT2D eigenvalue weighted by Crippen LogP contribution is 2.21. The van der Waals surface area contributed by atoms with Crippen molar-refractivity contribution in [3.05, 3.63) is 66.2 Å². The molecule has 0 aliphatic carbocycles. The Balaban J connectivity index is 1.95. The predicted octanol–water partition coefficient (Wildman–Crippen LogP) is 3.85. The lowest BCUT2D eigenvalue weighted by Gasteiger charge is -2.18. The Morgan fingerprint density at radius 2 is 1.60 bits per heavy atom. The van der Waals surface area contributed by atoms with Crippen LogP contribution < -0.4 is 10.1 Å². The van der Waals surface area contributed by atoms with Gasteiger partial charge in [0.25, 0.3) is 0 Å². The van der Waals surface area contributed by atoms with Crippen LogP contribution in [0.2, 0.25) is 0 Å². The first-order valence-corrected chi connectivity index (χ1v) is 7.33. The Kier molecular flexibility index (Phi) is 6.12. The third-order valence-corrected chi connectivity index (χ3v) is 3.38. The summed E-state index contributed by atoms with van der Waals surface area (Å²) in [5, 5.41) is 3.39. The van der Waals surface area contributed by atoms with E-state index < -0.39 is 0 Å². The molecule has 2 rings (SSSR count). The van der Waals surface area contributed by atoms with Gasteiger partial charge in [0.1, 0.15) is 5.75 Å². The number of para-hydroxylation sites is 1. The molecule has 1 atom stereocenters. The first-order valence-electron chi connectivity index (χ1n) is 7.33. The molecule has 0 radical (unpaired) electrons. The van der Waals surface area contributed by atoms with Gasteiger partial charge in [-0.2, -0.15) is 0 Å². The van der Waals surface area contributed by atoms with E-state index in [1.54, 1.807) is 0 Å². The van der Waals surface area contributed by atoms with Crippen LogP contribution in [-0.2, 0) is 0 Å². The minimum absolute atomic E-state index is 0.426. The zero-order valence-electron chi connectivity index (χ0n) is 12.1. The van der Waals surface area contributed by atoms with Crippen molar-refractivity contribution in [1.29, 1.82) is 0 Å². The first-order chi connectivity index (χ1) is 9.90. The average Bonchev–Trinajstić information content (AvgIpc) is 2.52. The van der Waals surface area contributed by atoms with E-state index in [2.05, 4.69) is 42.6 Å². The SMILES string of the molecule is CCNCC[C@H](COc1ccccc1)c1ccccc1. The molecule has 0 aromatic heterocycles. The highest BCUT2D eigenvalue weighted by Gasteiger charge is 2.11. The molecule has 0 spiro atoms. The van der Waals surface area contributed by atoms with E-state index in [1.807, 2.05) is 30.3 Å². The van der Waals surface area contributed by atoms with Crippen molar-refractivity contribution in [2.24, 2.45) is 0 Å². The lowest BCUT2D eigenvalue weighted by atomic mass is 9.96. The predicted molar refractivity (Wildman–Crippen MR) is 84.3 cm³/mol. The van der Waals surface area contributed by atoms with Gasteiger partial charge in [-0.15, -0.1) is 0 Å². The largest absolute Gasteiger partial charge is 0.493 e. The van der Waals surface area contributed by atoms with E-state index >= 15 is 0 Å². The maximum absolute atomic E-state index is 5.93. The van der Waals surface area contributed by atoms with Gasteiger partial charge in [-0.3, -0.25) is 0 Å². The fourth-order valence-corrected chi connectivity index (χ4v) is 2.24. The molecule has 20 heavy (non-hydrogen) atoms. The summed E-state index contributed by atoms with van der Waals surface area (Å²) >= 11 is 0. The number of hydrogen-bond donors (Lipinski definition) is 1. The molecule has 0 unspecified atom stereocenters. The Labute approximate surface area is 121 Å². The number of benzene rings is 2. The second-order valence-electron chi connectivity index (χ2n) is 4.87. The summed E-state index contributed by atoms with van der Waals surface area (Å²) in [7, 11) is 0. The Bertz CT molecular complexity index is 469. The van der Waals surface area contributed by atoms with E-state index in [-0.39, 0.29) is 0 Å². The average molecular weight is 269 g/mol. The van der Waals surface area contributed by atoms with Gasteiger partial charge in [0, 0.05) is 5.92 Å². The van der Waals surface area contributed by atoms with Crippen LogP contribution in [0.4, 0.5) is 0 Å². The second-order valence-corrected chi connectivity index (χ2v) is 4.87. The molecular weight excluding hydrogens is 246 g/mol. The van der Waals surface area contributed by atoms with Gasteiger partial charge in [-0.1, -0.05) is 55.5 Å². The number of hydrogen-bond acceptors (Lipinski definition) is 2. The topological polar surface area (TPSA) is 21.3 Å². The molecule has 0 fully saturated rings. The van der Waals surface area contributed by atoms with Crippen molar-refractivity contribution in [1.82, 2.24) is 5.32 Å². The van der Waals surface area contributed by atoms with Crippen molar-refractivity contribution in [2.45, 2.75) is 19.3 Å². The number of nitrogens with one attached hydrogen (secondary N) is 1. The van der Waals surface area contributed by atoms with Crippen molar-refractivity contribution in [3.8, 4) is 5.75 Å². The van der Waals surface area contributed by atoms with Crippen LogP contribution in [0.25, 0.3) is 0 Å². The third kappa shape index (κ3) is 4.71. The molecule has 0 saturated heterocycles. The third-order valence-electron chi connectivity index (χ3n) is 3.38.